The number of carbonyl (C=O) groups is 4. The van der Waals surface area contributed by atoms with Gasteiger partial charge in [0, 0.05) is 32.3 Å². The second-order valence-electron chi connectivity index (χ2n) is 10.0. The fourth-order valence-corrected chi connectivity index (χ4v) is 3.81. The number of aliphatic hydroxyl groups excluding tert-OH is 2. The summed E-state index contributed by atoms with van der Waals surface area (Å²) < 4.78 is 19.6. The first-order chi connectivity index (χ1) is 20.3. The molecule has 0 rings (SSSR count). The molecule has 10 nitrogen and oxygen atoms in total. The van der Waals surface area contributed by atoms with Gasteiger partial charge in [0.2, 0.25) is 0 Å². The van der Waals surface area contributed by atoms with Crippen LogP contribution in [0.2, 0.25) is 0 Å². The van der Waals surface area contributed by atoms with Gasteiger partial charge in [-0.3, -0.25) is 19.2 Å². The zero-order chi connectivity index (χ0) is 31.8. The quantitative estimate of drug-likeness (QED) is 0.0319. The summed E-state index contributed by atoms with van der Waals surface area (Å²) in [7, 11) is 0. The molecule has 0 heterocycles. The molecule has 0 bridgehead atoms. The fourth-order valence-electron chi connectivity index (χ4n) is 3.66. The third-order valence-electron chi connectivity index (χ3n) is 6.09. The molecule has 0 saturated carbocycles. The average Bonchev–Trinajstić information content (AvgIpc) is 3.00. The van der Waals surface area contributed by atoms with Gasteiger partial charge in [0.15, 0.2) is 12.2 Å². The van der Waals surface area contributed by atoms with Gasteiger partial charge in [-0.1, -0.05) is 90.9 Å². The molecular weight excluding hydrogens is 650 g/mol. The molecule has 2 N–H and O–H groups in total. The van der Waals surface area contributed by atoms with Crippen molar-refractivity contribution in [1.82, 2.24) is 0 Å². The summed E-state index contributed by atoms with van der Waals surface area (Å²) in [6, 6.07) is 0. The van der Waals surface area contributed by atoms with Crippen molar-refractivity contribution in [3.63, 3.8) is 0 Å². The Balaban J connectivity index is -0.000000727. The minimum Gasteiger partial charge on any atom is -0.462 e. The van der Waals surface area contributed by atoms with Crippen LogP contribution in [-0.2, 0) is 57.6 Å². The summed E-state index contributed by atoms with van der Waals surface area (Å²) in [5.41, 5.74) is 0. The van der Waals surface area contributed by atoms with Gasteiger partial charge >= 0.3 is 23.9 Å². The van der Waals surface area contributed by atoms with E-state index in [4.69, 9.17) is 29.2 Å². The van der Waals surface area contributed by atoms with Gasteiger partial charge in [0.25, 0.3) is 0 Å². The number of thiol groups is 2. The number of unbranched alkanes of at least 4 members (excludes halogenated alkanes) is 12. The van der Waals surface area contributed by atoms with Gasteiger partial charge < -0.3 is 29.2 Å². The van der Waals surface area contributed by atoms with Crippen LogP contribution in [0.15, 0.2) is 0 Å². The first kappa shape index (κ1) is 46.5. The van der Waals surface area contributed by atoms with Crippen molar-refractivity contribution in [3.8, 4) is 0 Å². The van der Waals surface area contributed by atoms with Gasteiger partial charge in [-0.15, -0.1) is 0 Å². The average molecular weight is 706 g/mol. The molecule has 0 aliphatic rings. The van der Waals surface area contributed by atoms with Crippen molar-refractivity contribution in [1.29, 1.82) is 0 Å². The molecule has 2 atom stereocenters. The van der Waals surface area contributed by atoms with Crippen LogP contribution in [0.4, 0.5) is 0 Å². The Morgan fingerprint density at radius 1 is 0.535 bits per heavy atom. The topological polar surface area (TPSA) is 146 Å². The zero-order valence-electron chi connectivity index (χ0n) is 26.5. The van der Waals surface area contributed by atoms with Crippen molar-refractivity contribution in [2.24, 2.45) is 0 Å². The number of hydrogen-bond donors (Lipinski definition) is 4. The molecule has 0 aromatic rings. The normalized spacial score (nSPS) is 11.7. The SMILES string of the molecule is CCCCCCCCCC(=O)OCC(CO)OC(=O)CS.CCCCCCCCCC(=O)OCC(CO)OC(=O)CS.[Zn]. The Kier molecular flexibility index (Phi) is 38.5. The van der Waals surface area contributed by atoms with Gasteiger partial charge in [-0.05, 0) is 12.8 Å². The third-order valence-corrected chi connectivity index (χ3v) is 6.61. The maximum atomic E-state index is 11.5. The van der Waals surface area contributed by atoms with Crippen molar-refractivity contribution < 1.29 is 67.8 Å². The van der Waals surface area contributed by atoms with E-state index in [1.54, 1.807) is 0 Å². The summed E-state index contributed by atoms with van der Waals surface area (Å²) >= 11 is 7.52. The van der Waals surface area contributed by atoms with Gasteiger partial charge in [-0.2, -0.15) is 25.3 Å². The Hall–Kier alpha value is -0.877. The Bertz CT molecular complexity index is 629. The second-order valence-corrected chi connectivity index (χ2v) is 10.6. The first-order valence-electron chi connectivity index (χ1n) is 15.4. The summed E-state index contributed by atoms with van der Waals surface area (Å²) in [4.78, 5) is 45.0. The van der Waals surface area contributed by atoms with Crippen LogP contribution in [0, 0.1) is 0 Å². The molecule has 0 aliphatic carbocycles. The largest absolute Gasteiger partial charge is 0.462 e. The van der Waals surface area contributed by atoms with Crippen LogP contribution in [0.3, 0.4) is 0 Å². The maximum Gasteiger partial charge on any atom is 0.316 e. The molecule has 0 amide bonds. The molecule has 0 aromatic heterocycles. The van der Waals surface area contributed by atoms with Crippen molar-refractivity contribution in [2.45, 2.75) is 129 Å². The smallest absolute Gasteiger partial charge is 0.316 e. The minimum absolute atomic E-state index is 0. The molecule has 0 aromatic carbocycles. The minimum atomic E-state index is -0.803. The molecule has 13 heteroatoms. The van der Waals surface area contributed by atoms with Crippen LogP contribution in [0.5, 0.6) is 0 Å². The van der Waals surface area contributed by atoms with Crippen LogP contribution in [-0.4, -0.2) is 84.2 Å². The predicted molar refractivity (Wildman–Crippen MR) is 169 cm³/mol. The van der Waals surface area contributed by atoms with E-state index in [1.165, 1.54) is 51.4 Å². The Labute approximate surface area is 282 Å². The number of ether oxygens (including phenoxy) is 4. The standard InChI is InChI=1S/2C15H28O5S.Zn/c2*1-2-3-4-5-6-7-8-9-14(17)19-11-13(10-16)20-15(18)12-21;/h2*13,16,21H,2-12H2,1H3;. The second kappa shape index (κ2) is 35.6. The first-order valence-corrected chi connectivity index (χ1v) is 16.7. The number of aliphatic hydroxyl groups is 2. The maximum absolute atomic E-state index is 11.5. The van der Waals surface area contributed by atoms with E-state index >= 15 is 0 Å². The van der Waals surface area contributed by atoms with Gasteiger partial charge in [0.05, 0.1) is 24.7 Å². The molecule has 0 aliphatic heterocycles. The predicted octanol–water partition coefficient (Wildman–Crippen LogP) is 5.01. The van der Waals surface area contributed by atoms with E-state index in [-0.39, 0.29) is 69.3 Å². The molecule has 0 spiro atoms. The molecule has 43 heavy (non-hydrogen) atoms. The molecule has 2 unspecified atom stereocenters. The number of carbonyl (C=O) groups excluding carboxylic acids is 4. The molecule has 0 fully saturated rings. The van der Waals surface area contributed by atoms with Crippen LogP contribution >= 0.6 is 25.3 Å². The van der Waals surface area contributed by atoms with Gasteiger partial charge in [0.1, 0.15) is 13.2 Å². The zero-order valence-corrected chi connectivity index (χ0v) is 31.2. The summed E-state index contributed by atoms with van der Waals surface area (Å²) in [5.74, 6) is -1.85. The molecule has 0 radical (unpaired) electrons. The fraction of sp³-hybridized carbons (Fsp3) is 0.867. The molecular formula is C30H56O10S2Zn. The van der Waals surface area contributed by atoms with E-state index < -0.39 is 24.1 Å². The van der Waals surface area contributed by atoms with Crippen molar-refractivity contribution >= 4 is 49.1 Å². The number of hydrogen-bond acceptors (Lipinski definition) is 12. The van der Waals surface area contributed by atoms with Crippen LogP contribution in [0.1, 0.15) is 117 Å². The van der Waals surface area contributed by atoms with Crippen LogP contribution < -0.4 is 0 Å². The van der Waals surface area contributed by atoms with E-state index in [1.807, 2.05) is 0 Å². The Morgan fingerprint density at radius 2 is 0.837 bits per heavy atom. The molecule has 250 valence electrons. The van der Waals surface area contributed by atoms with Crippen molar-refractivity contribution in [3.05, 3.63) is 0 Å². The van der Waals surface area contributed by atoms with Crippen molar-refractivity contribution in [2.75, 3.05) is 37.9 Å². The van der Waals surface area contributed by atoms with E-state index in [2.05, 4.69) is 39.1 Å². The third kappa shape index (κ3) is 33.8. The monoisotopic (exact) mass is 704 g/mol. The summed E-state index contributed by atoms with van der Waals surface area (Å²) in [6.07, 6.45) is 15.1. The van der Waals surface area contributed by atoms with E-state index in [9.17, 15) is 19.2 Å². The van der Waals surface area contributed by atoms with Crippen LogP contribution in [0.25, 0.3) is 0 Å². The number of rotatable bonds is 26. The van der Waals surface area contributed by atoms with E-state index in [0.717, 1.165) is 38.5 Å². The van der Waals surface area contributed by atoms with E-state index in [0.29, 0.717) is 12.8 Å². The Morgan fingerprint density at radius 3 is 1.12 bits per heavy atom. The summed E-state index contributed by atoms with van der Waals surface area (Å²) in [6.45, 7) is 3.41. The summed E-state index contributed by atoms with van der Waals surface area (Å²) in [5, 5.41) is 18.0. The van der Waals surface area contributed by atoms with Gasteiger partial charge in [-0.25, -0.2) is 0 Å². The molecule has 0 saturated heterocycles. The number of esters is 4.